The maximum Gasteiger partial charge on any atom is 0.0472 e. The van der Waals surface area contributed by atoms with Crippen molar-refractivity contribution in [3.8, 4) is 0 Å². The van der Waals surface area contributed by atoms with E-state index >= 15 is 0 Å². The first-order valence-electron chi connectivity index (χ1n) is 4.04. The van der Waals surface area contributed by atoms with Gasteiger partial charge in [-0.1, -0.05) is 17.7 Å². The molecule has 0 saturated heterocycles. The molecule has 0 bridgehead atoms. The lowest BCUT2D eigenvalue weighted by molar-refractivity contribution is 0.741. The van der Waals surface area contributed by atoms with Crippen LogP contribution in [0.5, 0.6) is 0 Å². The SMILES string of the molecule is CN(C)c1ccc(CNN)c(Cl)c1. The quantitative estimate of drug-likeness (QED) is 0.571. The van der Waals surface area contributed by atoms with Crippen molar-refractivity contribution in [2.24, 2.45) is 5.84 Å². The van der Waals surface area contributed by atoms with Crippen LogP contribution < -0.4 is 16.2 Å². The zero-order valence-electron chi connectivity index (χ0n) is 7.84. The molecule has 1 rings (SSSR count). The van der Waals surface area contributed by atoms with E-state index in [1.165, 1.54) is 0 Å². The summed E-state index contributed by atoms with van der Waals surface area (Å²) >= 11 is 6.03. The third-order valence-electron chi connectivity index (χ3n) is 1.85. The number of halogens is 1. The topological polar surface area (TPSA) is 41.3 Å². The van der Waals surface area contributed by atoms with Crippen LogP contribution in [-0.4, -0.2) is 14.1 Å². The van der Waals surface area contributed by atoms with Crippen molar-refractivity contribution in [2.45, 2.75) is 6.54 Å². The van der Waals surface area contributed by atoms with E-state index in [-0.39, 0.29) is 0 Å². The van der Waals surface area contributed by atoms with Gasteiger partial charge in [0.2, 0.25) is 0 Å². The van der Waals surface area contributed by atoms with E-state index in [1.807, 2.05) is 37.2 Å². The number of hydrogen-bond donors (Lipinski definition) is 2. The van der Waals surface area contributed by atoms with Gasteiger partial charge in [0.05, 0.1) is 0 Å². The van der Waals surface area contributed by atoms with Crippen LogP contribution in [0.1, 0.15) is 5.56 Å². The molecule has 0 spiro atoms. The summed E-state index contributed by atoms with van der Waals surface area (Å²) in [7, 11) is 3.96. The number of nitrogens with two attached hydrogens (primary N) is 1. The maximum absolute atomic E-state index is 6.03. The van der Waals surface area contributed by atoms with E-state index < -0.39 is 0 Å². The van der Waals surface area contributed by atoms with Crippen molar-refractivity contribution >= 4 is 17.3 Å². The molecule has 3 N–H and O–H groups in total. The highest BCUT2D eigenvalue weighted by Gasteiger charge is 2.01. The summed E-state index contributed by atoms with van der Waals surface area (Å²) in [6.45, 7) is 0.590. The monoisotopic (exact) mass is 199 g/mol. The largest absolute Gasteiger partial charge is 0.378 e. The molecule has 0 heterocycles. The summed E-state index contributed by atoms with van der Waals surface area (Å²) < 4.78 is 0. The first-order chi connectivity index (χ1) is 6.15. The van der Waals surface area contributed by atoms with Gasteiger partial charge in [0, 0.05) is 31.4 Å². The Labute approximate surface area is 83.4 Å². The number of benzene rings is 1. The number of hydrazine groups is 1. The Balaban J connectivity index is 2.92. The Kier molecular flexibility index (Phi) is 3.54. The summed E-state index contributed by atoms with van der Waals surface area (Å²) in [4.78, 5) is 2.01. The molecule has 0 atom stereocenters. The van der Waals surface area contributed by atoms with Crippen molar-refractivity contribution in [1.29, 1.82) is 0 Å². The minimum absolute atomic E-state index is 0.590. The van der Waals surface area contributed by atoms with Crippen LogP contribution in [0.4, 0.5) is 5.69 Å². The molecule has 0 fully saturated rings. The Morgan fingerprint density at radius 2 is 2.15 bits per heavy atom. The van der Waals surface area contributed by atoms with Gasteiger partial charge in [-0.25, -0.2) is 0 Å². The highest BCUT2D eigenvalue weighted by Crippen LogP contribution is 2.22. The Morgan fingerprint density at radius 3 is 2.62 bits per heavy atom. The Bertz CT molecular complexity index is 286. The van der Waals surface area contributed by atoms with E-state index in [0.29, 0.717) is 6.54 Å². The molecule has 0 amide bonds. The van der Waals surface area contributed by atoms with Gasteiger partial charge in [0.1, 0.15) is 0 Å². The van der Waals surface area contributed by atoms with Gasteiger partial charge < -0.3 is 4.90 Å². The second-order valence-electron chi connectivity index (χ2n) is 3.05. The zero-order valence-corrected chi connectivity index (χ0v) is 8.60. The lowest BCUT2D eigenvalue weighted by atomic mass is 10.2. The molecular formula is C9H14ClN3. The second kappa shape index (κ2) is 4.46. The molecule has 1 aromatic rings. The van der Waals surface area contributed by atoms with E-state index in [0.717, 1.165) is 16.3 Å². The van der Waals surface area contributed by atoms with E-state index in [4.69, 9.17) is 17.4 Å². The normalized spacial score (nSPS) is 10.2. The van der Waals surface area contributed by atoms with E-state index in [9.17, 15) is 0 Å². The van der Waals surface area contributed by atoms with Crippen LogP contribution in [0.2, 0.25) is 5.02 Å². The van der Waals surface area contributed by atoms with Crippen molar-refractivity contribution in [2.75, 3.05) is 19.0 Å². The predicted molar refractivity (Wildman–Crippen MR) is 56.8 cm³/mol. The maximum atomic E-state index is 6.03. The minimum Gasteiger partial charge on any atom is -0.378 e. The predicted octanol–water partition coefficient (Wildman–Crippen LogP) is 1.37. The Hall–Kier alpha value is -0.770. The second-order valence-corrected chi connectivity index (χ2v) is 3.46. The minimum atomic E-state index is 0.590. The molecule has 3 nitrogen and oxygen atoms in total. The molecule has 1 aromatic carbocycles. The smallest absolute Gasteiger partial charge is 0.0472 e. The zero-order chi connectivity index (χ0) is 9.84. The standard InChI is InChI=1S/C9H14ClN3/c1-13(2)8-4-3-7(6-12-11)9(10)5-8/h3-5,12H,6,11H2,1-2H3. The number of rotatable bonds is 3. The van der Waals surface area contributed by atoms with Crippen LogP contribution in [0.15, 0.2) is 18.2 Å². The van der Waals surface area contributed by atoms with Crippen LogP contribution in [0, 0.1) is 0 Å². The number of anilines is 1. The van der Waals surface area contributed by atoms with E-state index in [2.05, 4.69) is 5.43 Å². The van der Waals surface area contributed by atoms with Crippen molar-refractivity contribution in [1.82, 2.24) is 5.43 Å². The lowest BCUT2D eigenvalue weighted by Gasteiger charge is -2.13. The summed E-state index contributed by atoms with van der Waals surface area (Å²) in [6.07, 6.45) is 0. The molecule has 13 heavy (non-hydrogen) atoms. The van der Waals surface area contributed by atoms with Crippen molar-refractivity contribution in [3.63, 3.8) is 0 Å². The molecule has 0 saturated carbocycles. The molecule has 0 aliphatic heterocycles. The highest BCUT2D eigenvalue weighted by atomic mass is 35.5. The van der Waals surface area contributed by atoms with Gasteiger partial charge in [-0.2, -0.15) is 0 Å². The molecule has 0 aliphatic carbocycles. The fourth-order valence-corrected chi connectivity index (χ4v) is 1.31. The fraction of sp³-hybridized carbons (Fsp3) is 0.333. The molecule has 0 radical (unpaired) electrons. The van der Waals surface area contributed by atoms with Crippen LogP contribution in [-0.2, 0) is 6.54 Å². The highest BCUT2D eigenvalue weighted by molar-refractivity contribution is 6.31. The molecule has 4 heteroatoms. The average Bonchev–Trinajstić information content (AvgIpc) is 2.08. The van der Waals surface area contributed by atoms with Gasteiger partial charge in [0.15, 0.2) is 0 Å². The third-order valence-corrected chi connectivity index (χ3v) is 2.20. The van der Waals surface area contributed by atoms with Gasteiger partial charge in [-0.3, -0.25) is 11.3 Å². The third kappa shape index (κ3) is 2.59. The molecule has 0 aliphatic rings. The summed E-state index contributed by atoms with van der Waals surface area (Å²) in [5.74, 6) is 5.21. The van der Waals surface area contributed by atoms with Crippen molar-refractivity contribution < 1.29 is 0 Å². The van der Waals surface area contributed by atoms with Gasteiger partial charge in [0.25, 0.3) is 0 Å². The lowest BCUT2D eigenvalue weighted by Crippen LogP contribution is -2.21. The molecule has 0 unspecified atom stereocenters. The van der Waals surface area contributed by atoms with Gasteiger partial charge in [-0.15, -0.1) is 0 Å². The number of nitrogens with one attached hydrogen (secondary N) is 1. The number of nitrogens with zero attached hydrogens (tertiary/aromatic N) is 1. The number of hydrogen-bond acceptors (Lipinski definition) is 3. The van der Waals surface area contributed by atoms with Gasteiger partial charge >= 0.3 is 0 Å². The van der Waals surface area contributed by atoms with Crippen molar-refractivity contribution in [3.05, 3.63) is 28.8 Å². The Morgan fingerprint density at radius 1 is 1.46 bits per heavy atom. The van der Waals surface area contributed by atoms with Crippen LogP contribution in [0.3, 0.4) is 0 Å². The average molecular weight is 200 g/mol. The molecular weight excluding hydrogens is 186 g/mol. The summed E-state index contributed by atoms with van der Waals surface area (Å²) in [5, 5.41) is 0.740. The molecule has 0 aromatic heterocycles. The fourth-order valence-electron chi connectivity index (χ4n) is 1.07. The van der Waals surface area contributed by atoms with Crippen LogP contribution in [0.25, 0.3) is 0 Å². The first-order valence-corrected chi connectivity index (χ1v) is 4.42. The molecule has 72 valence electrons. The van der Waals surface area contributed by atoms with Crippen LogP contribution >= 0.6 is 11.6 Å². The van der Waals surface area contributed by atoms with Gasteiger partial charge in [-0.05, 0) is 17.7 Å². The summed E-state index contributed by atoms with van der Waals surface area (Å²) in [6, 6.07) is 5.91. The van der Waals surface area contributed by atoms with E-state index in [1.54, 1.807) is 0 Å². The summed E-state index contributed by atoms with van der Waals surface area (Å²) in [5.41, 5.74) is 4.67. The first kappa shape index (κ1) is 10.3.